The summed E-state index contributed by atoms with van der Waals surface area (Å²) in [4.78, 5) is 49.4. The molecule has 0 unspecified atom stereocenters. The second-order valence-corrected chi connectivity index (χ2v) is 7.42. The molecule has 1 saturated heterocycles. The number of carbonyl (C=O) groups excluding carboxylic acids is 3. The van der Waals surface area contributed by atoms with Crippen molar-refractivity contribution in [3.8, 4) is 0 Å². The largest absolute Gasteiger partial charge is 0.325 e. The van der Waals surface area contributed by atoms with Crippen LogP contribution in [0.3, 0.4) is 0 Å². The van der Waals surface area contributed by atoms with Crippen LogP contribution in [0.15, 0.2) is 36.4 Å². The van der Waals surface area contributed by atoms with E-state index < -0.39 is 22.4 Å². The van der Waals surface area contributed by atoms with Crippen LogP contribution in [0.1, 0.15) is 39.5 Å². The summed E-state index contributed by atoms with van der Waals surface area (Å²) in [7, 11) is 0. The van der Waals surface area contributed by atoms with Crippen molar-refractivity contribution >= 4 is 23.4 Å². The summed E-state index contributed by atoms with van der Waals surface area (Å²) < 4.78 is 0. The highest BCUT2D eigenvalue weighted by atomic mass is 16.6. The summed E-state index contributed by atoms with van der Waals surface area (Å²) in [5.41, 5.74) is 2.14. The second-order valence-electron chi connectivity index (χ2n) is 7.42. The van der Waals surface area contributed by atoms with Gasteiger partial charge in [0.05, 0.1) is 11.5 Å². The Morgan fingerprint density at radius 3 is 2.24 bits per heavy atom. The molecule has 1 aliphatic rings. The van der Waals surface area contributed by atoms with E-state index in [1.165, 1.54) is 31.2 Å². The molecule has 0 bridgehead atoms. The quantitative estimate of drug-likeness (QED) is 0.362. The molecule has 150 valence electrons. The van der Waals surface area contributed by atoms with Crippen LogP contribution in [0.25, 0.3) is 0 Å². The first kappa shape index (κ1) is 20.2. The number of ketones is 1. The number of benzene rings is 2. The van der Waals surface area contributed by atoms with Crippen LogP contribution in [0.2, 0.25) is 0 Å². The lowest BCUT2D eigenvalue weighted by Gasteiger charge is -2.22. The van der Waals surface area contributed by atoms with Crippen LogP contribution in [0.4, 0.5) is 10.5 Å². The summed E-state index contributed by atoms with van der Waals surface area (Å²) in [6.45, 7) is 6.79. The maximum absolute atomic E-state index is 13.0. The molecule has 1 fully saturated rings. The number of urea groups is 1. The van der Waals surface area contributed by atoms with Gasteiger partial charge in [-0.1, -0.05) is 6.07 Å². The minimum Gasteiger partial charge on any atom is -0.319 e. The molecule has 1 heterocycles. The molecule has 3 amide bonds. The maximum Gasteiger partial charge on any atom is 0.325 e. The number of Topliss-reactive ketones (excluding diaryl/α,β-unsaturated/α-hetero) is 1. The van der Waals surface area contributed by atoms with Gasteiger partial charge >= 0.3 is 6.03 Å². The van der Waals surface area contributed by atoms with E-state index in [1.54, 1.807) is 6.07 Å². The van der Waals surface area contributed by atoms with E-state index in [9.17, 15) is 24.5 Å². The van der Waals surface area contributed by atoms with Gasteiger partial charge in [0.1, 0.15) is 5.54 Å². The van der Waals surface area contributed by atoms with Crippen LogP contribution in [-0.2, 0) is 10.3 Å². The molecule has 2 aromatic carbocycles. The molecule has 0 spiro atoms. The smallest absolute Gasteiger partial charge is 0.319 e. The van der Waals surface area contributed by atoms with E-state index >= 15 is 0 Å². The Morgan fingerprint density at radius 2 is 1.66 bits per heavy atom. The number of hydrogen-bond acceptors (Lipinski definition) is 5. The first-order valence-electron chi connectivity index (χ1n) is 9.04. The van der Waals surface area contributed by atoms with Crippen molar-refractivity contribution in [1.29, 1.82) is 0 Å². The predicted octanol–water partition coefficient (Wildman–Crippen LogP) is 3.17. The Hall–Kier alpha value is -3.55. The Labute approximate surface area is 167 Å². The number of nitro groups is 1. The lowest BCUT2D eigenvalue weighted by Crippen LogP contribution is -2.41. The molecule has 1 aliphatic heterocycles. The van der Waals surface area contributed by atoms with E-state index in [-0.39, 0.29) is 18.0 Å². The first-order valence-corrected chi connectivity index (χ1v) is 9.04. The van der Waals surface area contributed by atoms with Gasteiger partial charge in [0.2, 0.25) is 0 Å². The van der Waals surface area contributed by atoms with Crippen molar-refractivity contribution < 1.29 is 19.3 Å². The molecule has 0 aromatic heterocycles. The molecule has 29 heavy (non-hydrogen) atoms. The molecule has 8 heteroatoms. The average molecular weight is 395 g/mol. The van der Waals surface area contributed by atoms with Crippen molar-refractivity contribution in [2.24, 2.45) is 0 Å². The monoisotopic (exact) mass is 395 g/mol. The lowest BCUT2D eigenvalue weighted by molar-refractivity contribution is -0.384. The van der Waals surface area contributed by atoms with Gasteiger partial charge in [-0.15, -0.1) is 0 Å². The number of non-ortho nitro benzene ring substituents is 1. The van der Waals surface area contributed by atoms with Gasteiger partial charge in [-0.2, -0.15) is 0 Å². The van der Waals surface area contributed by atoms with Gasteiger partial charge in [-0.05, 0) is 68.1 Å². The molecule has 0 saturated carbocycles. The minimum atomic E-state index is -1.40. The van der Waals surface area contributed by atoms with E-state index in [2.05, 4.69) is 5.32 Å². The molecule has 1 N–H and O–H groups in total. The fraction of sp³-hybridized carbons (Fsp3) is 0.286. The third kappa shape index (κ3) is 3.49. The molecular formula is C21H21N3O5. The van der Waals surface area contributed by atoms with Crippen LogP contribution in [0, 0.1) is 30.9 Å². The van der Waals surface area contributed by atoms with Crippen LogP contribution in [-0.4, -0.2) is 34.1 Å². The maximum atomic E-state index is 13.0. The zero-order chi connectivity index (χ0) is 21.5. The highest BCUT2D eigenvalue weighted by molar-refractivity contribution is 6.11. The third-order valence-corrected chi connectivity index (χ3v) is 5.37. The minimum absolute atomic E-state index is 0.119. The van der Waals surface area contributed by atoms with Crippen molar-refractivity contribution in [3.63, 3.8) is 0 Å². The number of nitro benzene ring substituents is 1. The SMILES string of the molecule is Cc1cc(C)c(C(=O)CN2C(=O)N[C@](C)(c3ccc([N+](=O)[O-])cc3)C2=O)cc1C. The average Bonchev–Trinajstić information content (AvgIpc) is 2.88. The zero-order valence-corrected chi connectivity index (χ0v) is 16.6. The molecular weight excluding hydrogens is 374 g/mol. The summed E-state index contributed by atoms with van der Waals surface area (Å²) in [6, 6.07) is 8.38. The van der Waals surface area contributed by atoms with Gasteiger partial charge < -0.3 is 5.32 Å². The first-order chi connectivity index (χ1) is 13.5. The van der Waals surface area contributed by atoms with Crippen molar-refractivity contribution in [2.75, 3.05) is 6.54 Å². The van der Waals surface area contributed by atoms with Crippen LogP contribution >= 0.6 is 0 Å². The highest BCUT2D eigenvalue weighted by Crippen LogP contribution is 2.30. The lowest BCUT2D eigenvalue weighted by atomic mass is 9.91. The standard InChI is InChI=1S/C21H21N3O5/c1-12-9-14(3)17(10-13(12)2)18(25)11-23-19(26)21(4,22-20(23)27)15-5-7-16(8-6-15)24(28)29/h5-10H,11H2,1-4H3,(H,22,27)/t21-/m1/s1. The summed E-state index contributed by atoms with van der Waals surface area (Å²) in [5, 5.41) is 13.4. The second kappa shape index (κ2) is 7.12. The highest BCUT2D eigenvalue weighted by Gasteiger charge is 2.49. The number of carbonyl (C=O) groups is 3. The van der Waals surface area contributed by atoms with Gasteiger partial charge in [0.25, 0.3) is 11.6 Å². The van der Waals surface area contributed by atoms with Crippen LogP contribution in [0.5, 0.6) is 0 Å². The molecule has 0 aliphatic carbocycles. The molecule has 0 radical (unpaired) electrons. The molecule has 3 rings (SSSR count). The Kier molecular flexibility index (Phi) is 4.96. The number of nitrogens with zero attached hydrogens (tertiary/aromatic N) is 2. The zero-order valence-electron chi connectivity index (χ0n) is 16.6. The Bertz CT molecular complexity index is 1050. The van der Waals surface area contributed by atoms with E-state index in [4.69, 9.17) is 0 Å². The number of imide groups is 1. The molecule has 2 aromatic rings. The third-order valence-electron chi connectivity index (χ3n) is 5.37. The van der Waals surface area contributed by atoms with E-state index in [0.29, 0.717) is 11.1 Å². The molecule has 1 atom stereocenters. The van der Waals surface area contributed by atoms with Crippen molar-refractivity contribution in [2.45, 2.75) is 33.2 Å². The van der Waals surface area contributed by atoms with Gasteiger partial charge in [-0.3, -0.25) is 24.6 Å². The molecule has 8 nitrogen and oxygen atoms in total. The van der Waals surface area contributed by atoms with Gasteiger partial charge in [0, 0.05) is 17.7 Å². The number of rotatable bonds is 5. The van der Waals surface area contributed by atoms with Crippen molar-refractivity contribution in [1.82, 2.24) is 10.2 Å². The number of nitrogens with one attached hydrogen (secondary N) is 1. The van der Waals surface area contributed by atoms with Crippen LogP contribution < -0.4 is 5.32 Å². The normalized spacial score (nSPS) is 18.7. The predicted molar refractivity (Wildman–Crippen MR) is 106 cm³/mol. The van der Waals surface area contributed by atoms with E-state index in [0.717, 1.165) is 21.6 Å². The van der Waals surface area contributed by atoms with Gasteiger partial charge in [-0.25, -0.2) is 4.79 Å². The fourth-order valence-electron chi connectivity index (χ4n) is 3.44. The number of amides is 3. The fourth-order valence-corrected chi connectivity index (χ4v) is 3.44. The number of hydrogen-bond donors (Lipinski definition) is 1. The summed E-state index contributed by atoms with van der Waals surface area (Å²) in [6.07, 6.45) is 0. The Morgan fingerprint density at radius 1 is 1.07 bits per heavy atom. The topological polar surface area (TPSA) is 110 Å². The Balaban J connectivity index is 1.86. The summed E-state index contributed by atoms with van der Waals surface area (Å²) in [5.74, 6) is -0.909. The summed E-state index contributed by atoms with van der Waals surface area (Å²) >= 11 is 0. The van der Waals surface area contributed by atoms with E-state index in [1.807, 2.05) is 26.8 Å². The number of aryl methyl sites for hydroxylation is 3. The van der Waals surface area contributed by atoms with Crippen molar-refractivity contribution in [3.05, 3.63) is 74.3 Å². The van der Waals surface area contributed by atoms with Gasteiger partial charge in [0.15, 0.2) is 5.78 Å².